The van der Waals surface area contributed by atoms with E-state index in [1.54, 1.807) is 0 Å². The number of hydrogen-bond donors (Lipinski definition) is 1. The zero-order valence-electron chi connectivity index (χ0n) is 12.5. The first-order valence-corrected chi connectivity index (χ1v) is 7.96. The molecule has 2 atom stereocenters. The number of rotatable bonds is 3. The first kappa shape index (κ1) is 13.9. The van der Waals surface area contributed by atoms with Gasteiger partial charge in [0.15, 0.2) is 0 Å². The van der Waals surface area contributed by atoms with Gasteiger partial charge in [-0.25, -0.2) is 0 Å². The number of para-hydroxylation sites is 1. The second-order valence-corrected chi connectivity index (χ2v) is 6.05. The topological polar surface area (TPSA) is 24.5 Å². The summed E-state index contributed by atoms with van der Waals surface area (Å²) in [4.78, 5) is 2.59. The van der Waals surface area contributed by atoms with Gasteiger partial charge in [-0.3, -0.25) is 0 Å². The van der Waals surface area contributed by atoms with Crippen LogP contribution in [0.2, 0.25) is 0 Å². The molecule has 1 aromatic rings. The summed E-state index contributed by atoms with van der Waals surface area (Å²) in [5.41, 5.74) is 2.97. The molecule has 2 heterocycles. The summed E-state index contributed by atoms with van der Waals surface area (Å²) >= 11 is 0. The fourth-order valence-corrected chi connectivity index (χ4v) is 3.60. The number of fused-ring (bicyclic) bond motifs is 1. The highest BCUT2D eigenvalue weighted by molar-refractivity contribution is 5.54. The van der Waals surface area contributed by atoms with E-state index in [9.17, 15) is 0 Å². The van der Waals surface area contributed by atoms with Gasteiger partial charge in [0.25, 0.3) is 0 Å². The minimum absolute atomic E-state index is 0.596. The molecule has 3 rings (SSSR count). The fourth-order valence-electron chi connectivity index (χ4n) is 3.60. The molecule has 2 aliphatic rings. The van der Waals surface area contributed by atoms with Crippen LogP contribution in [0.25, 0.3) is 0 Å². The summed E-state index contributed by atoms with van der Waals surface area (Å²) in [6.45, 7) is 4.09. The molecule has 1 aromatic carbocycles. The van der Waals surface area contributed by atoms with Crippen LogP contribution < -0.4 is 10.2 Å². The standard InChI is InChI=1S/C17H26N2O/c1-18-16-9-11-20-13-15(16)12-19-10-5-4-7-14-6-2-3-8-17(14)19/h2-3,6,8,15-16,18H,4-5,7,9-13H2,1H3. The van der Waals surface area contributed by atoms with E-state index in [2.05, 4.69) is 41.5 Å². The quantitative estimate of drug-likeness (QED) is 0.916. The van der Waals surface area contributed by atoms with Gasteiger partial charge in [-0.15, -0.1) is 0 Å². The van der Waals surface area contributed by atoms with Crippen molar-refractivity contribution >= 4 is 5.69 Å². The van der Waals surface area contributed by atoms with Gasteiger partial charge in [-0.2, -0.15) is 0 Å². The second-order valence-electron chi connectivity index (χ2n) is 6.05. The maximum atomic E-state index is 5.71. The third-order valence-electron chi connectivity index (χ3n) is 4.76. The third kappa shape index (κ3) is 2.99. The van der Waals surface area contributed by atoms with Gasteiger partial charge in [-0.05, 0) is 44.4 Å². The molecule has 1 N–H and O–H groups in total. The van der Waals surface area contributed by atoms with Crippen molar-refractivity contribution in [2.24, 2.45) is 5.92 Å². The van der Waals surface area contributed by atoms with Crippen molar-refractivity contribution in [2.75, 3.05) is 38.3 Å². The van der Waals surface area contributed by atoms with Gasteiger partial charge in [-0.1, -0.05) is 18.2 Å². The summed E-state index contributed by atoms with van der Waals surface area (Å²) in [5.74, 6) is 0.597. The Balaban J connectivity index is 1.76. The van der Waals surface area contributed by atoms with Crippen molar-refractivity contribution in [3.05, 3.63) is 29.8 Å². The Kier molecular flexibility index (Phi) is 4.58. The first-order chi connectivity index (χ1) is 9.88. The Morgan fingerprint density at radius 3 is 3.10 bits per heavy atom. The Morgan fingerprint density at radius 1 is 1.30 bits per heavy atom. The molecule has 0 amide bonds. The molecule has 0 aliphatic carbocycles. The van der Waals surface area contributed by atoms with Crippen LogP contribution in [-0.2, 0) is 11.2 Å². The van der Waals surface area contributed by atoms with Gasteiger partial charge >= 0.3 is 0 Å². The lowest BCUT2D eigenvalue weighted by molar-refractivity contribution is 0.0367. The molecule has 2 unspecified atom stereocenters. The molecule has 0 aromatic heterocycles. The van der Waals surface area contributed by atoms with Crippen LogP contribution in [0.4, 0.5) is 5.69 Å². The van der Waals surface area contributed by atoms with Crippen molar-refractivity contribution in [1.29, 1.82) is 0 Å². The largest absolute Gasteiger partial charge is 0.381 e. The molecule has 1 fully saturated rings. The number of anilines is 1. The lowest BCUT2D eigenvalue weighted by Crippen LogP contribution is -2.46. The van der Waals surface area contributed by atoms with Gasteiger partial charge in [0, 0.05) is 37.3 Å². The van der Waals surface area contributed by atoms with Crippen molar-refractivity contribution in [1.82, 2.24) is 5.32 Å². The number of ether oxygens (including phenoxy) is 1. The molecule has 110 valence electrons. The van der Waals surface area contributed by atoms with Crippen molar-refractivity contribution in [2.45, 2.75) is 31.7 Å². The van der Waals surface area contributed by atoms with Gasteiger partial charge < -0.3 is 15.0 Å². The molecule has 3 nitrogen and oxygen atoms in total. The average molecular weight is 274 g/mol. The van der Waals surface area contributed by atoms with Crippen LogP contribution in [0.3, 0.4) is 0 Å². The van der Waals surface area contributed by atoms with Gasteiger partial charge in [0.2, 0.25) is 0 Å². The number of hydrogen-bond acceptors (Lipinski definition) is 3. The van der Waals surface area contributed by atoms with Crippen LogP contribution >= 0.6 is 0 Å². The van der Waals surface area contributed by atoms with Crippen LogP contribution in [-0.4, -0.2) is 39.4 Å². The lowest BCUT2D eigenvalue weighted by Gasteiger charge is -2.36. The number of aryl methyl sites for hydroxylation is 1. The molecule has 1 saturated heterocycles. The van der Waals surface area contributed by atoms with Crippen molar-refractivity contribution < 1.29 is 4.74 Å². The van der Waals surface area contributed by atoms with Crippen LogP contribution in [0.5, 0.6) is 0 Å². The summed E-state index contributed by atoms with van der Waals surface area (Å²) in [7, 11) is 2.08. The van der Waals surface area contributed by atoms with E-state index >= 15 is 0 Å². The van der Waals surface area contributed by atoms with E-state index in [4.69, 9.17) is 4.74 Å². The minimum atomic E-state index is 0.596. The minimum Gasteiger partial charge on any atom is -0.381 e. The number of benzene rings is 1. The van der Waals surface area contributed by atoms with Crippen LogP contribution in [0, 0.1) is 5.92 Å². The van der Waals surface area contributed by atoms with E-state index in [1.165, 1.54) is 37.1 Å². The number of nitrogens with one attached hydrogen (secondary N) is 1. The van der Waals surface area contributed by atoms with Gasteiger partial charge in [0.1, 0.15) is 0 Å². The molecule has 0 bridgehead atoms. The monoisotopic (exact) mass is 274 g/mol. The zero-order valence-corrected chi connectivity index (χ0v) is 12.5. The van der Waals surface area contributed by atoms with E-state index < -0.39 is 0 Å². The van der Waals surface area contributed by atoms with E-state index in [-0.39, 0.29) is 0 Å². The van der Waals surface area contributed by atoms with Crippen LogP contribution in [0.1, 0.15) is 24.8 Å². The summed E-state index contributed by atoms with van der Waals surface area (Å²) in [5, 5.41) is 3.48. The molecular weight excluding hydrogens is 248 g/mol. The van der Waals surface area contributed by atoms with Crippen LogP contribution in [0.15, 0.2) is 24.3 Å². The van der Waals surface area contributed by atoms with Gasteiger partial charge in [0.05, 0.1) is 6.61 Å². The summed E-state index contributed by atoms with van der Waals surface area (Å²) in [6.07, 6.45) is 4.97. The maximum absolute atomic E-state index is 5.71. The lowest BCUT2D eigenvalue weighted by atomic mass is 9.95. The smallest absolute Gasteiger partial charge is 0.0526 e. The van der Waals surface area contributed by atoms with E-state index in [0.717, 1.165) is 26.2 Å². The molecular formula is C17H26N2O. The molecule has 20 heavy (non-hydrogen) atoms. The highest BCUT2D eigenvalue weighted by atomic mass is 16.5. The number of nitrogens with zero attached hydrogens (tertiary/aromatic N) is 1. The normalized spacial score (nSPS) is 26.9. The summed E-state index contributed by atoms with van der Waals surface area (Å²) in [6, 6.07) is 9.52. The second kappa shape index (κ2) is 6.59. The Hall–Kier alpha value is -1.06. The van der Waals surface area contributed by atoms with E-state index in [1.807, 2.05) is 0 Å². The Bertz CT molecular complexity index is 435. The Labute approximate surface area is 122 Å². The van der Waals surface area contributed by atoms with E-state index in [0.29, 0.717) is 12.0 Å². The molecule has 2 aliphatic heterocycles. The molecule has 0 spiro atoms. The third-order valence-corrected chi connectivity index (χ3v) is 4.76. The SMILES string of the molecule is CNC1CCOCC1CN1CCCCc2ccccc21. The average Bonchev–Trinajstić information content (AvgIpc) is 2.71. The molecule has 0 radical (unpaired) electrons. The predicted octanol–water partition coefficient (Wildman–Crippen LogP) is 2.45. The maximum Gasteiger partial charge on any atom is 0.0526 e. The highest BCUT2D eigenvalue weighted by Crippen LogP contribution is 2.28. The molecule has 3 heteroatoms. The Morgan fingerprint density at radius 2 is 2.20 bits per heavy atom. The van der Waals surface area contributed by atoms with Crippen molar-refractivity contribution in [3.63, 3.8) is 0 Å². The fraction of sp³-hybridized carbons (Fsp3) is 0.647. The summed E-state index contributed by atoms with van der Waals surface area (Å²) < 4.78 is 5.71. The zero-order chi connectivity index (χ0) is 13.8. The highest BCUT2D eigenvalue weighted by Gasteiger charge is 2.27. The first-order valence-electron chi connectivity index (χ1n) is 7.96. The van der Waals surface area contributed by atoms with Crippen molar-refractivity contribution in [3.8, 4) is 0 Å². The molecule has 0 saturated carbocycles. The predicted molar refractivity (Wildman–Crippen MR) is 83.4 cm³/mol.